The molecule has 0 atom stereocenters. The molecule has 1 heterocycles. The van der Waals surface area contributed by atoms with Gasteiger partial charge >= 0.3 is 6.18 Å². The molecule has 0 N–H and O–H groups in total. The van der Waals surface area contributed by atoms with Crippen molar-refractivity contribution in [1.29, 1.82) is 0 Å². The number of hydrogen-bond acceptors (Lipinski definition) is 3. The fraction of sp³-hybridized carbons (Fsp3) is 0.231. The van der Waals surface area contributed by atoms with Crippen molar-refractivity contribution in [2.45, 2.75) is 17.6 Å². The van der Waals surface area contributed by atoms with Gasteiger partial charge in [0.05, 0.1) is 0 Å². The first-order valence-corrected chi connectivity index (χ1v) is 8.51. The molecule has 23 heavy (non-hydrogen) atoms. The van der Waals surface area contributed by atoms with Gasteiger partial charge in [-0.3, -0.25) is 0 Å². The van der Waals surface area contributed by atoms with Crippen molar-refractivity contribution in [3.63, 3.8) is 0 Å². The molecule has 0 saturated heterocycles. The third-order valence-electron chi connectivity index (χ3n) is 2.81. The lowest BCUT2D eigenvalue weighted by atomic mass is 10.3. The minimum Gasteiger partial charge on any atom is -0.207 e. The summed E-state index contributed by atoms with van der Waals surface area (Å²) in [6.45, 7) is -2.34. The number of alkyl halides is 3. The molecule has 0 unspecified atom stereocenters. The Hall–Kier alpha value is -1.52. The Balaban J connectivity index is 2.43. The summed E-state index contributed by atoms with van der Waals surface area (Å²) in [5.41, 5.74) is 0.338. The van der Waals surface area contributed by atoms with Gasteiger partial charge in [0, 0.05) is 12.6 Å². The molecule has 0 aliphatic rings. The first-order chi connectivity index (χ1) is 10.6. The third-order valence-corrected chi connectivity index (χ3v) is 5.36. The molecule has 126 valence electrons. The first kappa shape index (κ1) is 17.8. The molecule has 0 bridgehead atoms. The quantitative estimate of drug-likeness (QED) is 0.750. The van der Waals surface area contributed by atoms with Crippen LogP contribution in [0.2, 0.25) is 0 Å². The summed E-state index contributed by atoms with van der Waals surface area (Å²) >= 11 is 1.18. The van der Waals surface area contributed by atoms with Crippen LogP contribution in [0.25, 0.3) is 0 Å². The van der Waals surface area contributed by atoms with Crippen LogP contribution >= 0.6 is 11.3 Å². The van der Waals surface area contributed by atoms with E-state index in [-0.39, 0.29) is 4.31 Å². The van der Waals surface area contributed by atoms with E-state index in [1.165, 1.54) is 22.8 Å². The first-order valence-electron chi connectivity index (χ1n) is 6.12. The topological polar surface area (TPSA) is 37.4 Å². The molecule has 1 aromatic carbocycles. The molecular formula is C13H10F5NO2S2. The molecule has 0 radical (unpaired) electrons. The molecule has 0 saturated carbocycles. The van der Waals surface area contributed by atoms with Crippen molar-refractivity contribution in [3.8, 4) is 0 Å². The largest absolute Gasteiger partial charge is 0.402 e. The number of thiophene rings is 1. The fourth-order valence-electron chi connectivity index (χ4n) is 1.84. The summed E-state index contributed by atoms with van der Waals surface area (Å²) in [7, 11) is -4.78. The zero-order valence-electron chi connectivity index (χ0n) is 11.3. The van der Waals surface area contributed by atoms with Gasteiger partial charge in [-0.2, -0.15) is 28.8 Å². The van der Waals surface area contributed by atoms with Crippen LogP contribution in [0.1, 0.15) is 5.56 Å². The minimum atomic E-state index is -4.81. The van der Waals surface area contributed by atoms with E-state index < -0.39 is 45.8 Å². The number of hydrogen-bond donors (Lipinski definition) is 0. The van der Waals surface area contributed by atoms with Crippen molar-refractivity contribution in [2.24, 2.45) is 0 Å². The van der Waals surface area contributed by atoms with Gasteiger partial charge in [0.2, 0.25) is 10.0 Å². The van der Waals surface area contributed by atoms with E-state index in [9.17, 15) is 30.4 Å². The Bertz CT molecular complexity index is 772. The highest BCUT2D eigenvalue weighted by atomic mass is 32.2. The summed E-state index contributed by atoms with van der Waals surface area (Å²) in [4.78, 5) is -1.00. The number of sulfonamides is 1. The van der Waals surface area contributed by atoms with E-state index in [0.717, 1.165) is 0 Å². The summed E-state index contributed by atoms with van der Waals surface area (Å²) in [6.07, 6.45) is -4.81. The predicted octanol–water partition coefficient (Wildman–Crippen LogP) is 3.78. The molecule has 10 heteroatoms. The van der Waals surface area contributed by atoms with Crippen LogP contribution in [0, 0.1) is 11.6 Å². The zero-order valence-corrected chi connectivity index (χ0v) is 13.0. The maximum absolute atomic E-state index is 13.7. The number of halogens is 5. The second-order valence-electron chi connectivity index (χ2n) is 4.59. The van der Waals surface area contributed by atoms with Crippen molar-refractivity contribution in [3.05, 3.63) is 52.2 Å². The molecule has 1 aromatic heterocycles. The second kappa shape index (κ2) is 6.54. The molecule has 3 nitrogen and oxygen atoms in total. The van der Waals surface area contributed by atoms with Crippen LogP contribution in [0.4, 0.5) is 22.0 Å². The number of benzene rings is 1. The van der Waals surface area contributed by atoms with Crippen molar-refractivity contribution in [1.82, 2.24) is 4.31 Å². The molecule has 0 aliphatic carbocycles. The molecule has 2 aromatic rings. The average molecular weight is 371 g/mol. The maximum Gasteiger partial charge on any atom is 0.402 e. The molecule has 2 rings (SSSR count). The van der Waals surface area contributed by atoms with Gasteiger partial charge in [0.1, 0.15) is 23.1 Å². The van der Waals surface area contributed by atoms with Gasteiger partial charge in [-0.05, 0) is 34.5 Å². The maximum atomic E-state index is 13.7. The van der Waals surface area contributed by atoms with Gasteiger partial charge in [-0.1, -0.05) is 0 Å². The van der Waals surface area contributed by atoms with E-state index in [1.807, 2.05) is 0 Å². The molecular weight excluding hydrogens is 361 g/mol. The Morgan fingerprint density at radius 2 is 1.83 bits per heavy atom. The average Bonchev–Trinajstić information content (AvgIpc) is 2.88. The molecule has 0 aliphatic heterocycles. The van der Waals surface area contributed by atoms with Gasteiger partial charge in [0.25, 0.3) is 0 Å². The van der Waals surface area contributed by atoms with E-state index in [1.54, 1.807) is 5.38 Å². The van der Waals surface area contributed by atoms with Crippen molar-refractivity contribution >= 4 is 21.4 Å². The van der Waals surface area contributed by atoms with Crippen LogP contribution in [-0.4, -0.2) is 25.4 Å². The molecule has 0 spiro atoms. The van der Waals surface area contributed by atoms with E-state index >= 15 is 0 Å². The lowest BCUT2D eigenvalue weighted by Gasteiger charge is -2.23. The predicted molar refractivity (Wildman–Crippen MR) is 74.3 cm³/mol. The SMILES string of the molecule is O=S(=O)(c1ccc(F)cc1F)N(Cc1ccsc1)CC(F)(F)F. The monoisotopic (exact) mass is 371 g/mol. The zero-order chi connectivity index (χ0) is 17.3. The van der Waals surface area contributed by atoms with Crippen LogP contribution in [0.15, 0.2) is 39.9 Å². The van der Waals surface area contributed by atoms with E-state index in [4.69, 9.17) is 0 Å². The standard InChI is InChI=1S/C13H10F5NO2S2/c14-10-1-2-12(11(15)5-10)23(20,21)19(8-13(16,17)18)6-9-3-4-22-7-9/h1-5,7H,6,8H2. The van der Waals surface area contributed by atoms with Crippen LogP contribution in [-0.2, 0) is 16.6 Å². The van der Waals surface area contributed by atoms with Gasteiger partial charge in [0.15, 0.2) is 0 Å². The minimum absolute atomic E-state index is 0.116. The lowest BCUT2D eigenvalue weighted by molar-refractivity contribution is -0.136. The third kappa shape index (κ3) is 4.49. The smallest absolute Gasteiger partial charge is 0.207 e. The molecule has 0 amide bonds. The second-order valence-corrected chi connectivity index (χ2v) is 7.28. The number of nitrogens with zero attached hydrogens (tertiary/aromatic N) is 1. The molecule has 0 fully saturated rings. The highest BCUT2D eigenvalue weighted by Crippen LogP contribution is 2.26. The summed E-state index contributed by atoms with van der Waals surface area (Å²) in [6, 6.07) is 3.05. The number of rotatable bonds is 5. The normalized spacial score (nSPS) is 12.8. The van der Waals surface area contributed by atoms with Crippen LogP contribution < -0.4 is 0 Å². The Labute approximate surface area is 133 Å². The van der Waals surface area contributed by atoms with Crippen molar-refractivity contribution in [2.75, 3.05) is 6.54 Å². The summed E-state index contributed by atoms with van der Waals surface area (Å²) in [5, 5.41) is 3.06. The Morgan fingerprint density at radius 3 is 2.35 bits per heavy atom. The van der Waals surface area contributed by atoms with Gasteiger partial charge < -0.3 is 0 Å². The van der Waals surface area contributed by atoms with E-state index in [0.29, 0.717) is 23.8 Å². The van der Waals surface area contributed by atoms with Crippen LogP contribution in [0.3, 0.4) is 0 Å². The summed E-state index contributed by atoms with van der Waals surface area (Å²) in [5.74, 6) is -2.47. The fourth-order valence-corrected chi connectivity index (χ4v) is 3.95. The highest BCUT2D eigenvalue weighted by molar-refractivity contribution is 7.89. The van der Waals surface area contributed by atoms with Gasteiger partial charge in [-0.25, -0.2) is 17.2 Å². The highest BCUT2D eigenvalue weighted by Gasteiger charge is 2.38. The Kier molecular flexibility index (Phi) is 5.07. The van der Waals surface area contributed by atoms with Crippen molar-refractivity contribution < 1.29 is 30.4 Å². The Morgan fingerprint density at radius 1 is 1.13 bits per heavy atom. The van der Waals surface area contributed by atoms with Crippen LogP contribution in [0.5, 0.6) is 0 Å². The van der Waals surface area contributed by atoms with E-state index in [2.05, 4.69) is 0 Å². The summed E-state index contributed by atoms with van der Waals surface area (Å²) < 4.78 is 89.4. The lowest BCUT2D eigenvalue weighted by Crippen LogP contribution is -2.38. The van der Waals surface area contributed by atoms with Gasteiger partial charge in [-0.15, -0.1) is 0 Å².